The van der Waals surface area contributed by atoms with Crippen molar-refractivity contribution in [2.24, 2.45) is 0 Å². The summed E-state index contributed by atoms with van der Waals surface area (Å²) in [5.41, 5.74) is 2.02. The molecular formula is C22H21ClN2O3. The predicted molar refractivity (Wildman–Crippen MR) is 108 cm³/mol. The van der Waals surface area contributed by atoms with Crippen LogP contribution in [-0.4, -0.2) is 18.9 Å². The van der Waals surface area contributed by atoms with E-state index in [9.17, 15) is 9.59 Å². The Bertz CT molecular complexity index is 953. The molecule has 2 amide bonds. The molecule has 0 spiro atoms. The highest BCUT2D eigenvalue weighted by molar-refractivity contribution is 6.30. The van der Waals surface area contributed by atoms with E-state index in [2.05, 4.69) is 10.6 Å². The number of hydrogen-bond donors (Lipinski definition) is 2. The Labute approximate surface area is 168 Å². The topological polar surface area (TPSA) is 71.3 Å². The lowest BCUT2D eigenvalue weighted by atomic mass is 9.88. The number of benzene rings is 2. The molecule has 0 aliphatic heterocycles. The largest absolute Gasteiger partial charge is 0.454 e. The SMILES string of the molecule is CNC(=O)c1ccc(CNC(=O)C[C@H](c2ccccc2)c2cccc(Cl)c2)o1. The number of rotatable bonds is 7. The van der Waals surface area contributed by atoms with Gasteiger partial charge in [0.05, 0.1) is 6.54 Å². The number of carbonyl (C=O) groups is 2. The van der Waals surface area contributed by atoms with Crippen molar-refractivity contribution >= 4 is 23.4 Å². The summed E-state index contributed by atoms with van der Waals surface area (Å²) in [6.07, 6.45) is 0.271. The van der Waals surface area contributed by atoms with Crippen LogP contribution in [0.1, 0.15) is 39.8 Å². The van der Waals surface area contributed by atoms with Gasteiger partial charge < -0.3 is 15.1 Å². The molecule has 0 radical (unpaired) electrons. The van der Waals surface area contributed by atoms with Crippen LogP contribution in [0, 0.1) is 0 Å². The van der Waals surface area contributed by atoms with Gasteiger partial charge in [0.2, 0.25) is 5.91 Å². The van der Waals surface area contributed by atoms with Gasteiger partial charge in [-0.3, -0.25) is 9.59 Å². The third-order valence-corrected chi connectivity index (χ3v) is 4.65. The lowest BCUT2D eigenvalue weighted by molar-refractivity contribution is -0.121. The van der Waals surface area contributed by atoms with Crippen molar-refractivity contribution in [3.05, 3.63) is 94.4 Å². The number of furan rings is 1. The summed E-state index contributed by atoms with van der Waals surface area (Å²) in [7, 11) is 1.53. The fourth-order valence-corrected chi connectivity index (χ4v) is 3.20. The molecule has 28 heavy (non-hydrogen) atoms. The van der Waals surface area contributed by atoms with E-state index in [0.717, 1.165) is 11.1 Å². The summed E-state index contributed by atoms with van der Waals surface area (Å²) < 4.78 is 5.43. The van der Waals surface area contributed by atoms with E-state index >= 15 is 0 Å². The predicted octanol–water partition coefficient (Wildman–Crippen LogP) is 4.13. The molecule has 0 saturated carbocycles. The molecule has 1 aromatic heterocycles. The van der Waals surface area contributed by atoms with E-state index in [0.29, 0.717) is 10.8 Å². The number of carbonyl (C=O) groups excluding carboxylic acids is 2. The monoisotopic (exact) mass is 396 g/mol. The summed E-state index contributed by atoms with van der Waals surface area (Å²) in [5.74, 6) is 0.200. The van der Waals surface area contributed by atoms with Crippen LogP contribution in [-0.2, 0) is 11.3 Å². The van der Waals surface area contributed by atoms with E-state index in [1.54, 1.807) is 12.1 Å². The number of nitrogens with one attached hydrogen (secondary N) is 2. The average Bonchev–Trinajstić information content (AvgIpc) is 3.19. The van der Waals surface area contributed by atoms with Crippen LogP contribution in [0.25, 0.3) is 0 Å². The van der Waals surface area contributed by atoms with Crippen LogP contribution in [0.2, 0.25) is 5.02 Å². The fraction of sp³-hybridized carbons (Fsp3) is 0.182. The number of amides is 2. The van der Waals surface area contributed by atoms with Gasteiger partial charge in [-0.2, -0.15) is 0 Å². The second kappa shape index (κ2) is 9.24. The molecule has 0 fully saturated rings. The van der Waals surface area contributed by atoms with Crippen molar-refractivity contribution in [2.75, 3.05) is 7.05 Å². The highest BCUT2D eigenvalue weighted by Crippen LogP contribution is 2.29. The van der Waals surface area contributed by atoms with Crippen LogP contribution < -0.4 is 10.6 Å². The van der Waals surface area contributed by atoms with Gasteiger partial charge >= 0.3 is 0 Å². The minimum absolute atomic E-state index is 0.113. The van der Waals surface area contributed by atoms with Crippen molar-refractivity contribution in [1.29, 1.82) is 0 Å². The third-order valence-electron chi connectivity index (χ3n) is 4.41. The maximum atomic E-state index is 12.6. The first kappa shape index (κ1) is 19.7. The normalized spacial score (nSPS) is 11.6. The Morgan fingerprint density at radius 1 is 1.00 bits per heavy atom. The zero-order valence-electron chi connectivity index (χ0n) is 15.4. The quantitative estimate of drug-likeness (QED) is 0.630. The van der Waals surface area contributed by atoms with Crippen molar-refractivity contribution in [3.8, 4) is 0 Å². The summed E-state index contributed by atoms with van der Waals surface area (Å²) >= 11 is 6.15. The van der Waals surface area contributed by atoms with E-state index in [-0.39, 0.29) is 36.5 Å². The highest BCUT2D eigenvalue weighted by Gasteiger charge is 2.19. The van der Waals surface area contributed by atoms with Crippen LogP contribution >= 0.6 is 11.6 Å². The van der Waals surface area contributed by atoms with Crippen LogP contribution in [0.15, 0.2) is 71.1 Å². The maximum absolute atomic E-state index is 12.6. The standard InChI is InChI=1S/C22H21ClN2O3/c1-24-22(27)20-11-10-18(28-20)14-25-21(26)13-19(15-6-3-2-4-7-15)16-8-5-9-17(23)12-16/h2-12,19H,13-14H2,1H3,(H,24,27)(H,25,26)/t19-/m1/s1. The molecule has 0 saturated heterocycles. The van der Waals surface area contributed by atoms with Crippen molar-refractivity contribution in [2.45, 2.75) is 18.9 Å². The average molecular weight is 397 g/mol. The minimum Gasteiger partial charge on any atom is -0.454 e. The first-order valence-corrected chi connectivity index (χ1v) is 9.32. The molecular weight excluding hydrogens is 376 g/mol. The Kier molecular flexibility index (Phi) is 6.50. The lowest BCUT2D eigenvalue weighted by Crippen LogP contribution is -2.25. The molecule has 6 heteroatoms. The van der Waals surface area contributed by atoms with Gasteiger partial charge in [0.1, 0.15) is 5.76 Å². The smallest absolute Gasteiger partial charge is 0.286 e. The van der Waals surface area contributed by atoms with Gasteiger partial charge in [0, 0.05) is 24.4 Å². The van der Waals surface area contributed by atoms with Crippen LogP contribution in [0.3, 0.4) is 0 Å². The maximum Gasteiger partial charge on any atom is 0.286 e. The molecule has 1 heterocycles. The highest BCUT2D eigenvalue weighted by atomic mass is 35.5. The Hall–Kier alpha value is -3.05. The molecule has 0 bridgehead atoms. The first-order chi connectivity index (χ1) is 13.6. The summed E-state index contributed by atoms with van der Waals surface area (Å²) in [6.45, 7) is 0.215. The van der Waals surface area contributed by atoms with Gasteiger partial charge in [-0.05, 0) is 35.4 Å². The second-order valence-electron chi connectivity index (χ2n) is 6.34. The molecule has 0 unspecified atom stereocenters. The molecule has 5 nitrogen and oxygen atoms in total. The van der Waals surface area contributed by atoms with E-state index in [1.807, 2.05) is 54.6 Å². The zero-order valence-corrected chi connectivity index (χ0v) is 16.2. The third kappa shape index (κ3) is 5.02. The van der Waals surface area contributed by atoms with E-state index in [4.69, 9.17) is 16.0 Å². The molecule has 1 atom stereocenters. The van der Waals surface area contributed by atoms with Gasteiger partial charge in [-0.1, -0.05) is 54.1 Å². The Balaban J connectivity index is 1.69. The second-order valence-corrected chi connectivity index (χ2v) is 6.78. The van der Waals surface area contributed by atoms with Gasteiger partial charge in [0.15, 0.2) is 5.76 Å². The summed E-state index contributed by atoms with van der Waals surface area (Å²) in [4.78, 5) is 24.1. The van der Waals surface area contributed by atoms with Gasteiger partial charge in [0.25, 0.3) is 5.91 Å². The Morgan fingerprint density at radius 2 is 1.75 bits per heavy atom. The number of halogens is 1. The van der Waals surface area contributed by atoms with E-state index in [1.165, 1.54) is 7.05 Å². The van der Waals surface area contributed by atoms with Crippen LogP contribution in [0.5, 0.6) is 0 Å². The molecule has 0 aliphatic rings. The fourth-order valence-electron chi connectivity index (χ4n) is 3.00. The molecule has 144 valence electrons. The van der Waals surface area contributed by atoms with Gasteiger partial charge in [-0.15, -0.1) is 0 Å². The zero-order chi connectivity index (χ0) is 19.9. The lowest BCUT2D eigenvalue weighted by Gasteiger charge is -2.18. The molecule has 2 aromatic carbocycles. The van der Waals surface area contributed by atoms with Crippen molar-refractivity contribution in [1.82, 2.24) is 10.6 Å². The van der Waals surface area contributed by atoms with Crippen molar-refractivity contribution < 1.29 is 14.0 Å². The Morgan fingerprint density at radius 3 is 2.46 bits per heavy atom. The van der Waals surface area contributed by atoms with Gasteiger partial charge in [-0.25, -0.2) is 0 Å². The molecule has 0 aliphatic carbocycles. The number of hydrogen-bond acceptors (Lipinski definition) is 3. The summed E-state index contributed by atoms with van der Waals surface area (Å²) in [6, 6.07) is 20.7. The van der Waals surface area contributed by atoms with Crippen molar-refractivity contribution in [3.63, 3.8) is 0 Å². The molecule has 3 rings (SSSR count). The van der Waals surface area contributed by atoms with Crippen LogP contribution in [0.4, 0.5) is 0 Å². The molecule has 3 aromatic rings. The summed E-state index contributed by atoms with van der Waals surface area (Å²) in [5, 5.41) is 5.99. The minimum atomic E-state index is -0.303. The van der Waals surface area contributed by atoms with E-state index < -0.39 is 0 Å². The molecule has 2 N–H and O–H groups in total. The first-order valence-electron chi connectivity index (χ1n) is 8.94.